The van der Waals surface area contributed by atoms with Crippen LogP contribution in [0.5, 0.6) is 0 Å². The lowest BCUT2D eigenvalue weighted by Crippen LogP contribution is -1.89. The summed E-state index contributed by atoms with van der Waals surface area (Å²) in [6, 6.07) is 19.3. The molecule has 0 unspecified atom stereocenters. The monoisotopic (exact) mass is 371 g/mol. The summed E-state index contributed by atoms with van der Waals surface area (Å²) < 4.78 is 0. The first-order valence-corrected chi connectivity index (χ1v) is 10.1. The molecule has 0 radical (unpaired) electrons. The predicted octanol–water partition coefficient (Wildman–Crippen LogP) is 6.14. The number of aromatic amines is 1. The molecule has 0 saturated heterocycles. The molecule has 4 aromatic rings. The molecule has 0 aliphatic rings. The number of hydrogen-bond acceptors (Lipinski definition) is 3. The second kappa shape index (κ2) is 7.41. The van der Waals surface area contributed by atoms with Crippen molar-refractivity contribution < 1.29 is 0 Å². The average molecular weight is 372 g/mol. The van der Waals surface area contributed by atoms with E-state index in [2.05, 4.69) is 77.7 Å². The molecular weight excluding hydrogens is 350 g/mol. The minimum absolute atomic E-state index is 0.964. The molecule has 1 N–H and O–H groups in total. The van der Waals surface area contributed by atoms with Gasteiger partial charge in [0.25, 0.3) is 0 Å². The van der Waals surface area contributed by atoms with E-state index in [9.17, 15) is 0 Å². The number of aromatic nitrogens is 3. The number of rotatable bonds is 4. The highest BCUT2D eigenvalue weighted by Gasteiger charge is 2.15. The van der Waals surface area contributed by atoms with E-state index in [1.54, 1.807) is 24.2 Å². The summed E-state index contributed by atoms with van der Waals surface area (Å²) in [4.78, 5) is 5.39. The van der Waals surface area contributed by atoms with Crippen LogP contribution < -0.4 is 0 Å². The highest BCUT2D eigenvalue weighted by Crippen LogP contribution is 2.35. The van der Waals surface area contributed by atoms with Crippen LogP contribution in [0.3, 0.4) is 0 Å². The second-order valence-corrected chi connectivity index (χ2v) is 7.45. The van der Waals surface area contributed by atoms with Gasteiger partial charge in [0, 0.05) is 34.1 Å². The molecule has 0 atom stereocenters. The van der Waals surface area contributed by atoms with Crippen molar-refractivity contribution in [3.8, 4) is 33.5 Å². The molecule has 0 saturated carbocycles. The fourth-order valence-electron chi connectivity index (χ4n) is 3.43. The lowest BCUT2D eigenvalue weighted by atomic mass is 9.94. The summed E-state index contributed by atoms with van der Waals surface area (Å²) in [6.07, 6.45) is 5.71. The van der Waals surface area contributed by atoms with E-state index < -0.39 is 0 Å². The Hall–Kier alpha value is -2.85. The third-order valence-corrected chi connectivity index (χ3v) is 5.52. The number of aryl methyl sites for hydroxylation is 2. The fourth-order valence-corrected chi connectivity index (χ4v) is 3.89. The standard InChI is InChI=1S/C23H21N3S/c1-15-13-19(7-8-21(15)18-5-4-6-20(14-18)27-3)22-16(2)25-26-23(22)17-9-11-24-12-10-17/h4-14H,1-3H3,(H,25,26). The second-order valence-electron chi connectivity index (χ2n) is 6.57. The fraction of sp³-hybridized carbons (Fsp3) is 0.130. The summed E-state index contributed by atoms with van der Waals surface area (Å²) in [5, 5.41) is 7.68. The minimum atomic E-state index is 0.964. The Morgan fingerprint density at radius 1 is 0.852 bits per heavy atom. The Labute approximate surface area is 163 Å². The van der Waals surface area contributed by atoms with Gasteiger partial charge in [-0.2, -0.15) is 5.10 Å². The molecule has 4 rings (SSSR count). The highest BCUT2D eigenvalue weighted by atomic mass is 32.2. The average Bonchev–Trinajstić information content (AvgIpc) is 3.10. The van der Waals surface area contributed by atoms with Gasteiger partial charge < -0.3 is 0 Å². The molecule has 0 amide bonds. The van der Waals surface area contributed by atoms with Crippen molar-refractivity contribution in [2.75, 3.05) is 6.26 Å². The van der Waals surface area contributed by atoms with E-state index in [1.165, 1.54) is 27.1 Å². The summed E-state index contributed by atoms with van der Waals surface area (Å²) in [6.45, 7) is 4.24. The van der Waals surface area contributed by atoms with Crippen LogP contribution in [-0.4, -0.2) is 21.4 Å². The summed E-state index contributed by atoms with van der Waals surface area (Å²) in [5.74, 6) is 0. The Balaban J connectivity index is 1.79. The van der Waals surface area contributed by atoms with Gasteiger partial charge in [-0.15, -0.1) is 11.8 Å². The van der Waals surface area contributed by atoms with E-state index in [-0.39, 0.29) is 0 Å². The van der Waals surface area contributed by atoms with E-state index >= 15 is 0 Å². The quantitative estimate of drug-likeness (QED) is 0.438. The van der Waals surface area contributed by atoms with Crippen molar-refractivity contribution in [1.29, 1.82) is 0 Å². The lowest BCUT2D eigenvalue weighted by molar-refractivity contribution is 1.05. The highest BCUT2D eigenvalue weighted by molar-refractivity contribution is 7.98. The van der Waals surface area contributed by atoms with Crippen LogP contribution in [0.2, 0.25) is 0 Å². The van der Waals surface area contributed by atoms with Gasteiger partial charge in [-0.25, -0.2) is 0 Å². The zero-order valence-corrected chi connectivity index (χ0v) is 16.5. The SMILES string of the molecule is CSc1cccc(-c2ccc(-c3c(-c4ccncc4)n[nH]c3C)cc2C)c1. The Kier molecular flexibility index (Phi) is 4.82. The van der Waals surface area contributed by atoms with Gasteiger partial charge in [-0.3, -0.25) is 10.1 Å². The number of hydrogen-bond donors (Lipinski definition) is 1. The van der Waals surface area contributed by atoms with Gasteiger partial charge in [-0.05, 0) is 66.6 Å². The number of H-pyrrole nitrogens is 1. The molecule has 27 heavy (non-hydrogen) atoms. The maximum absolute atomic E-state index is 4.54. The summed E-state index contributed by atoms with van der Waals surface area (Å²) in [5.41, 5.74) is 9.20. The molecular formula is C23H21N3S. The van der Waals surface area contributed by atoms with Crippen LogP contribution in [0.1, 0.15) is 11.3 Å². The van der Waals surface area contributed by atoms with Crippen LogP contribution in [0.25, 0.3) is 33.5 Å². The number of pyridine rings is 1. The van der Waals surface area contributed by atoms with Crippen LogP contribution >= 0.6 is 11.8 Å². The van der Waals surface area contributed by atoms with Crippen molar-refractivity contribution in [3.05, 3.63) is 78.2 Å². The van der Waals surface area contributed by atoms with Crippen LogP contribution in [0, 0.1) is 13.8 Å². The number of nitrogens with one attached hydrogen (secondary N) is 1. The predicted molar refractivity (Wildman–Crippen MR) is 114 cm³/mol. The molecule has 2 aromatic heterocycles. The molecule has 0 spiro atoms. The van der Waals surface area contributed by atoms with Crippen LogP contribution in [0.4, 0.5) is 0 Å². The van der Waals surface area contributed by atoms with Crippen molar-refractivity contribution in [2.24, 2.45) is 0 Å². The Bertz CT molecular complexity index is 1080. The van der Waals surface area contributed by atoms with E-state index in [4.69, 9.17) is 0 Å². The molecule has 3 nitrogen and oxygen atoms in total. The van der Waals surface area contributed by atoms with Crippen molar-refractivity contribution in [1.82, 2.24) is 15.2 Å². The third-order valence-electron chi connectivity index (χ3n) is 4.80. The molecule has 2 aromatic carbocycles. The third kappa shape index (κ3) is 3.40. The smallest absolute Gasteiger partial charge is 0.100 e. The lowest BCUT2D eigenvalue weighted by Gasteiger charge is -2.11. The molecule has 0 aliphatic heterocycles. The zero-order valence-electron chi connectivity index (χ0n) is 15.7. The molecule has 0 aliphatic carbocycles. The van der Waals surface area contributed by atoms with Gasteiger partial charge in [0.15, 0.2) is 0 Å². The largest absolute Gasteiger partial charge is 0.282 e. The Morgan fingerprint density at radius 3 is 2.41 bits per heavy atom. The molecule has 2 heterocycles. The first kappa shape index (κ1) is 17.6. The number of nitrogens with zero attached hydrogens (tertiary/aromatic N) is 2. The maximum Gasteiger partial charge on any atom is 0.100 e. The number of benzene rings is 2. The molecule has 134 valence electrons. The van der Waals surface area contributed by atoms with Gasteiger partial charge in [0.2, 0.25) is 0 Å². The van der Waals surface area contributed by atoms with Crippen LogP contribution in [-0.2, 0) is 0 Å². The first-order chi connectivity index (χ1) is 13.2. The first-order valence-electron chi connectivity index (χ1n) is 8.88. The van der Waals surface area contributed by atoms with E-state index in [1.807, 2.05) is 12.1 Å². The summed E-state index contributed by atoms with van der Waals surface area (Å²) >= 11 is 1.77. The van der Waals surface area contributed by atoms with Gasteiger partial charge >= 0.3 is 0 Å². The topological polar surface area (TPSA) is 41.6 Å². The number of thioether (sulfide) groups is 1. The van der Waals surface area contributed by atoms with E-state index in [0.717, 1.165) is 22.5 Å². The van der Waals surface area contributed by atoms with Crippen molar-refractivity contribution in [3.63, 3.8) is 0 Å². The van der Waals surface area contributed by atoms with Gasteiger partial charge in [0.05, 0.1) is 0 Å². The molecule has 0 bridgehead atoms. The van der Waals surface area contributed by atoms with Crippen molar-refractivity contribution >= 4 is 11.8 Å². The van der Waals surface area contributed by atoms with Crippen molar-refractivity contribution in [2.45, 2.75) is 18.7 Å². The maximum atomic E-state index is 4.54. The molecule has 0 fully saturated rings. The minimum Gasteiger partial charge on any atom is -0.282 e. The Morgan fingerprint density at radius 2 is 1.67 bits per heavy atom. The molecule has 4 heteroatoms. The van der Waals surface area contributed by atoms with Gasteiger partial charge in [-0.1, -0.05) is 30.3 Å². The zero-order chi connectivity index (χ0) is 18.8. The summed E-state index contributed by atoms with van der Waals surface area (Å²) in [7, 11) is 0. The van der Waals surface area contributed by atoms with Gasteiger partial charge in [0.1, 0.15) is 5.69 Å². The normalized spacial score (nSPS) is 10.9. The van der Waals surface area contributed by atoms with E-state index in [0.29, 0.717) is 0 Å². The van der Waals surface area contributed by atoms with Crippen LogP contribution in [0.15, 0.2) is 71.9 Å².